The fourth-order valence-corrected chi connectivity index (χ4v) is 91.1. The maximum absolute atomic E-state index is 3.50. The van der Waals surface area contributed by atoms with Gasteiger partial charge in [0.2, 0.25) is 0 Å². The van der Waals surface area contributed by atoms with Crippen molar-refractivity contribution in [2.75, 3.05) is 56.4 Å². The van der Waals surface area contributed by atoms with Gasteiger partial charge in [-0.15, -0.1) is 0 Å². The molecule has 0 aliphatic heterocycles. The van der Waals surface area contributed by atoms with E-state index in [1.807, 2.05) is 0 Å². The van der Waals surface area contributed by atoms with Crippen LogP contribution in [-0.4, -0.2) is 86.5 Å². The first-order valence-corrected chi connectivity index (χ1v) is 23.8. The van der Waals surface area contributed by atoms with Crippen LogP contribution in [0.2, 0.25) is 58.9 Å². The summed E-state index contributed by atoms with van der Waals surface area (Å²) < 4.78 is 0. The van der Waals surface area contributed by atoms with Crippen molar-refractivity contribution in [3.8, 4) is 0 Å². The zero-order chi connectivity index (χ0) is 21.9. The van der Waals surface area contributed by atoms with Crippen molar-refractivity contribution < 1.29 is 22.4 Å². The van der Waals surface area contributed by atoms with Crippen LogP contribution in [0.3, 0.4) is 0 Å². The van der Waals surface area contributed by atoms with Crippen molar-refractivity contribution in [2.24, 2.45) is 0 Å². The molecule has 0 aliphatic rings. The molecule has 164 valence electrons. The van der Waals surface area contributed by atoms with E-state index in [9.17, 15) is 0 Å². The SMILES string of the molecule is C[N-]C.C[N-]C.C[N-]C.C[N-]C.C[Si](C)(C)[Si]([Si](C)(C)C)[Si](C)(C)C.[Ta]. The predicted octanol–water partition coefficient (Wildman–Crippen LogP) is 6.21. The van der Waals surface area contributed by atoms with Gasteiger partial charge in [0.05, 0.1) is 0 Å². The Kier molecular flexibility index (Phi) is 39.3. The van der Waals surface area contributed by atoms with E-state index < -0.39 is 22.8 Å². The summed E-state index contributed by atoms with van der Waals surface area (Å²) in [6.45, 7) is 23.5. The minimum atomic E-state index is -0.832. The van der Waals surface area contributed by atoms with Gasteiger partial charge in [-0.1, -0.05) is 58.9 Å². The molecule has 0 aliphatic carbocycles. The smallest absolute Gasteiger partial charge is 0.0306 e. The molecule has 0 aromatic rings. The zero-order valence-electron chi connectivity index (χ0n) is 21.2. The molecule has 0 bridgehead atoms. The van der Waals surface area contributed by atoms with Crippen molar-refractivity contribution in [1.29, 1.82) is 0 Å². The average Bonchev–Trinajstić information content (AvgIpc) is 2.25. The third-order valence-corrected chi connectivity index (χ3v) is 60.8. The standard InChI is InChI=1S/C9H27Si4.4C2H6N.Ta/c1-11(2,3)10(12(4,5)6)13(7,8)9;4*1-3-2;/h1-9H3;4*1-2H3;/q;4*-1;. The Labute approximate surface area is 188 Å². The number of rotatable bonds is 3. The van der Waals surface area contributed by atoms with E-state index in [1.54, 1.807) is 56.4 Å². The van der Waals surface area contributed by atoms with Gasteiger partial charge in [0.1, 0.15) is 0 Å². The number of nitrogens with zero attached hydrogens (tertiary/aromatic N) is 4. The van der Waals surface area contributed by atoms with Crippen molar-refractivity contribution in [3.63, 3.8) is 0 Å². The first kappa shape index (κ1) is 41.7. The van der Waals surface area contributed by atoms with Gasteiger partial charge >= 0.3 is 0 Å². The van der Waals surface area contributed by atoms with Crippen LogP contribution in [0, 0.1) is 0 Å². The Balaban J connectivity index is -0.0000000635. The normalized spacial score (nSPS) is 10.4. The molecular weight excluding hydrogens is 554 g/mol. The third-order valence-electron chi connectivity index (χ3n) is 2.25. The van der Waals surface area contributed by atoms with Crippen LogP contribution in [0.25, 0.3) is 21.3 Å². The summed E-state index contributed by atoms with van der Waals surface area (Å²) in [5, 5.41) is 14.0. The molecule has 0 unspecified atom stereocenters. The second-order valence-corrected chi connectivity index (χ2v) is 45.7. The molecule has 0 amide bonds. The van der Waals surface area contributed by atoms with Crippen molar-refractivity contribution >= 4 is 30.1 Å². The second kappa shape index (κ2) is 24.5. The van der Waals surface area contributed by atoms with Crippen LogP contribution in [-0.2, 0) is 22.4 Å². The molecule has 0 saturated heterocycles. The van der Waals surface area contributed by atoms with Gasteiger partial charge in [0.25, 0.3) is 0 Å². The van der Waals surface area contributed by atoms with E-state index in [2.05, 4.69) is 80.2 Å². The minimum absolute atomic E-state index is 0. The first-order valence-electron chi connectivity index (χ1n) is 8.83. The summed E-state index contributed by atoms with van der Waals surface area (Å²) in [7, 11) is 11.5. The van der Waals surface area contributed by atoms with Gasteiger partial charge in [-0.25, -0.2) is 0 Å². The summed E-state index contributed by atoms with van der Waals surface area (Å²) >= 11 is 0. The quantitative estimate of drug-likeness (QED) is 0.344. The van der Waals surface area contributed by atoms with Crippen LogP contribution < -0.4 is 0 Å². The fourth-order valence-electron chi connectivity index (χ4n) is 3.38. The van der Waals surface area contributed by atoms with Crippen molar-refractivity contribution in [2.45, 2.75) is 58.9 Å². The summed E-state index contributed by atoms with van der Waals surface area (Å²) in [5.41, 5.74) is 0. The molecule has 0 aromatic carbocycles. The van der Waals surface area contributed by atoms with Crippen LogP contribution in [0.1, 0.15) is 0 Å². The monoisotopic (exact) mass is 604 g/mol. The van der Waals surface area contributed by atoms with E-state index in [-0.39, 0.29) is 29.7 Å². The van der Waals surface area contributed by atoms with E-state index in [0.29, 0.717) is 0 Å². The Morgan fingerprint density at radius 2 is 0.462 bits per heavy atom. The van der Waals surface area contributed by atoms with Gasteiger partial charge in [0.15, 0.2) is 0 Å². The topological polar surface area (TPSA) is 56.4 Å². The van der Waals surface area contributed by atoms with Crippen LogP contribution >= 0.6 is 0 Å². The van der Waals surface area contributed by atoms with E-state index in [4.69, 9.17) is 0 Å². The Morgan fingerprint density at radius 3 is 0.462 bits per heavy atom. The largest absolute Gasteiger partial charge is 0.668 e. The molecule has 4 nitrogen and oxygen atoms in total. The predicted molar refractivity (Wildman–Crippen MR) is 137 cm³/mol. The van der Waals surface area contributed by atoms with Gasteiger partial charge in [0, 0.05) is 52.5 Å². The van der Waals surface area contributed by atoms with Gasteiger partial charge < -0.3 is 21.3 Å². The molecule has 0 rings (SSSR count). The van der Waals surface area contributed by atoms with E-state index >= 15 is 0 Å². The second-order valence-electron chi connectivity index (χ2n) is 8.91. The molecule has 26 heavy (non-hydrogen) atoms. The molecule has 0 aromatic heterocycles. The molecule has 2 radical (unpaired) electrons. The van der Waals surface area contributed by atoms with Gasteiger partial charge in [-0.2, -0.15) is 56.4 Å². The van der Waals surface area contributed by atoms with Crippen molar-refractivity contribution in [1.82, 2.24) is 0 Å². The number of hydrogen-bond acceptors (Lipinski definition) is 0. The summed E-state index contributed by atoms with van der Waals surface area (Å²) in [6.07, 6.45) is 0. The zero-order valence-corrected chi connectivity index (χ0v) is 28.4. The average molecular weight is 605 g/mol. The Bertz CT molecular complexity index is 199. The molecule has 0 atom stereocenters. The molecular formula is C17H51N4Si4Ta-4. The minimum Gasteiger partial charge on any atom is -0.668 e. The number of hydrogen-bond donors (Lipinski definition) is 0. The third kappa shape index (κ3) is 40.2. The van der Waals surface area contributed by atoms with Crippen molar-refractivity contribution in [3.05, 3.63) is 21.3 Å². The maximum Gasteiger partial charge on any atom is 0.0306 e. The molecule has 0 heterocycles. The Morgan fingerprint density at radius 1 is 0.385 bits per heavy atom. The molecule has 0 N–H and O–H groups in total. The Hall–Kier alpha value is 1.45. The van der Waals surface area contributed by atoms with Crippen LogP contribution in [0.4, 0.5) is 0 Å². The molecule has 0 spiro atoms. The maximum atomic E-state index is 3.50. The fraction of sp³-hybridized carbons (Fsp3) is 1.00. The summed E-state index contributed by atoms with van der Waals surface area (Å²) in [5.74, 6) is 0. The molecule has 0 fully saturated rings. The van der Waals surface area contributed by atoms with E-state index in [1.165, 1.54) is 0 Å². The van der Waals surface area contributed by atoms with Crippen LogP contribution in [0.15, 0.2) is 0 Å². The van der Waals surface area contributed by atoms with E-state index in [0.717, 1.165) is 0 Å². The molecule has 0 saturated carbocycles. The van der Waals surface area contributed by atoms with Gasteiger partial charge in [-0.05, 0) is 0 Å². The summed E-state index contributed by atoms with van der Waals surface area (Å²) in [4.78, 5) is 0. The van der Waals surface area contributed by atoms with Crippen LogP contribution in [0.5, 0.6) is 0 Å². The summed E-state index contributed by atoms with van der Waals surface area (Å²) in [6, 6.07) is 0. The van der Waals surface area contributed by atoms with Gasteiger partial charge in [-0.3, -0.25) is 0 Å². The first-order chi connectivity index (χ1) is 11.0. The molecule has 9 heteroatoms.